The molecule has 1 amide bonds. The first-order valence-electron chi connectivity index (χ1n) is 12.7. The summed E-state index contributed by atoms with van der Waals surface area (Å²) in [6.45, 7) is 6.55. The lowest BCUT2D eigenvalue weighted by atomic mass is 9.80. The molecule has 1 aliphatic rings. The molecule has 1 aliphatic heterocycles. The first-order valence-corrected chi connectivity index (χ1v) is 12.7. The van der Waals surface area contributed by atoms with Crippen molar-refractivity contribution in [2.75, 3.05) is 20.2 Å². The largest absolute Gasteiger partial charge is 0.444 e. The van der Waals surface area contributed by atoms with Gasteiger partial charge in [-0.3, -0.25) is 0 Å². The molecule has 0 radical (unpaired) electrons. The highest BCUT2D eigenvalue weighted by molar-refractivity contribution is 5.67. The van der Waals surface area contributed by atoms with Crippen molar-refractivity contribution in [1.82, 2.24) is 4.90 Å². The fraction of sp³-hybridized carbons (Fsp3) is 0.517. The van der Waals surface area contributed by atoms with E-state index in [1.165, 1.54) is 17.0 Å². The Balaban J connectivity index is 1.88. The van der Waals surface area contributed by atoms with Crippen molar-refractivity contribution in [2.24, 2.45) is 0 Å². The van der Waals surface area contributed by atoms with Crippen LogP contribution in [-0.2, 0) is 26.4 Å². The predicted molar refractivity (Wildman–Crippen MR) is 137 cm³/mol. The lowest BCUT2D eigenvalue weighted by molar-refractivity contribution is -0.169. The average molecular weight is 513 g/mol. The van der Waals surface area contributed by atoms with Gasteiger partial charge in [-0.2, -0.15) is 5.26 Å². The fourth-order valence-electron chi connectivity index (χ4n) is 4.37. The van der Waals surface area contributed by atoms with E-state index < -0.39 is 23.1 Å². The smallest absolute Gasteiger partial charge is 0.410 e. The zero-order valence-electron chi connectivity index (χ0n) is 22.1. The van der Waals surface area contributed by atoms with E-state index in [4.69, 9.17) is 14.2 Å². The van der Waals surface area contributed by atoms with Gasteiger partial charge in [0.1, 0.15) is 17.0 Å². The molecule has 3 rings (SSSR count). The molecule has 0 spiro atoms. The highest BCUT2D eigenvalue weighted by Crippen LogP contribution is 2.37. The molecule has 0 aromatic heterocycles. The maximum absolute atomic E-state index is 13.8. The number of carbonyl (C=O) groups is 1. The van der Waals surface area contributed by atoms with Crippen LogP contribution in [0.1, 0.15) is 75.1 Å². The Kier molecular flexibility index (Phi) is 9.66. The van der Waals surface area contributed by atoms with E-state index in [0.29, 0.717) is 41.8 Å². The maximum atomic E-state index is 13.8. The summed E-state index contributed by atoms with van der Waals surface area (Å²) in [4.78, 5) is 13.9. The number of hydrogen-bond donors (Lipinski definition) is 1. The zero-order valence-corrected chi connectivity index (χ0v) is 22.1. The Bertz CT molecular complexity index is 1090. The summed E-state index contributed by atoms with van der Waals surface area (Å²) in [7, 11) is 1.65. The van der Waals surface area contributed by atoms with Crippen molar-refractivity contribution in [2.45, 2.75) is 77.0 Å². The molecule has 0 bridgehead atoms. The van der Waals surface area contributed by atoms with Gasteiger partial charge in [0, 0.05) is 20.2 Å². The molecule has 1 unspecified atom stereocenters. The van der Waals surface area contributed by atoms with Crippen LogP contribution < -0.4 is 0 Å². The Morgan fingerprint density at radius 1 is 1.22 bits per heavy atom. The number of benzene rings is 2. The van der Waals surface area contributed by atoms with E-state index in [2.05, 4.69) is 6.07 Å². The van der Waals surface area contributed by atoms with Gasteiger partial charge in [0.05, 0.1) is 18.2 Å². The minimum atomic E-state index is -1.51. The standard InChI is InChI=1S/C29H37FN2O5/c1-28(2,3)37-27(33)32(4)16-7-15-29(34,23-10-12-24(30)13-11-23)25-14-9-21(19-31)18-22(25)20-36-26-8-5-6-17-35-26/h9-14,18,26,34H,5-8,15-17,20H2,1-4H3/t26?,29-/m0/s1. The second kappa shape index (κ2) is 12.5. The third kappa shape index (κ3) is 8.00. The lowest BCUT2D eigenvalue weighted by Crippen LogP contribution is -2.36. The molecular formula is C29H37FN2O5. The highest BCUT2D eigenvalue weighted by atomic mass is 19.1. The molecule has 200 valence electrons. The van der Waals surface area contributed by atoms with Crippen molar-refractivity contribution in [3.8, 4) is 6.07 Å². The second-order valence-corrected chi connectivity index (χ2v) is 10.5. The molecule has 1 N–H and O–H groups in total. The van der Waals surface area contributed by atoms with Crippen LogP contribution in [-0.4, -0.2) is 48.2 Å². The Hall–Kier alpha value is -2.99. The summed E-state index contributed by atoms with van der Waals surface area (Å²) < 4.78 is 30.9. The summed E-state index contributed by atoms with van der Waals surface area (Å²) in [6.07, 6.45) is 2.69. The van der Waals surface area contributed by atoms with Crippen LogP contribution in [0.3, 0.4) is 0 Å². The summed E-state index contributed by atoms with van der Waals surface area (Å²) in [5.74, 6) is -0.409. The summed E-state index contributed by atoms with van der Waals surface area (Å²) in [6, 6.07) is 13.0. The van der Waals surface area contributed by atoms with Gasteiger partial charge in [0.15, 0.2) is 6.29 Å². The number of amides is 1. The molecule has 2 aromatic rings. The number of aliphatic hydroxyl groups is 1. The first kappa shape index (κ1) is 28.6. The van der Waals surface area contributed by atoms with E-state index in [-0.39, 0.29) is 19.3 Å². The number of carbonyl (C=O) groups excluding carboxylic acids is 1. The molecule has 8 heteroatoms. The van der Waals surface area contributed by atoms with E-state index in [1.807, 2.05) is 0 Å². The molecule has 2 aromatic carbocycles. The van der Waals surface area contributed by atoms with Crippen LogP contribution in [0.15, 0.2) is 42.5 Å². The molecule has 1 fully saturated rings. The van der Waals surface area contributed by atoms with Crippen molar-refractivity contribution in [3.63, 3.8) is 0 Å². The number of nitriles is 1. The van der Waals surface area contributed by atoms with Gasteiger partial charge in [0.25, 0.3) is 0 Å². The third-order valence-corrected chi connectivity index (χ3v) is 6.30. The van der Waals surface area contributed by atoms with E-state index in [1.54, 1.807) is 58.2 Å². The molecule has 0 saturated carbocycles. The molecule has 2 atom stereocenters. The number of ether oxygens (including phenoxy) is 3. The lowest BCUT2D eigenvalue weighted by Gasteiger charge is -2.33. The van der Waals surface area contributed by atoms with Crippen molar-refractivity contribution in [1.29, 1.82) is 5.26 Å². The van der Waals surface area contributed by atoms with Gasteiger partial charge in [-0.15, -0.1) is 0 Å². The highest BCUT2D eigenvalue weighted by Gasteiger charge is 2.34. The minimum Gasteiger partial charge on any atom is -0.444 e. The molecule has 37 heavy (non-hydrogen) atoms. The van der Waals surface area contributed by atoms with E-state index in [0.717, 1.165) is 19.3 Å². The Morgan fingerprint density at radius 2 is 1.95 bits per heavy atom. The summed E-state index contributed by atoms with van der Waals surface area (Å²) in [5.41, 5.74) is 0.0449. The zero-order chi connectivity index (χ0) is 27.1. The van der Waals surface area contributed by atoms with Gasteiger partial charge >= 0.3 is 6.09 Å². The van der Waals surface area contributed by atoms with Crippen LogP contribution >= 0.6 is 0 Å². The van der Waals surface area contributed by atoms with Gasteiger partial charge < -0.3 is 24.2 Å². The molecule has 0 aliphatic carbocycles. The number of halogens is 1. The third-order valence-electron chi connectivity index (χ3n) is 6.30. The Morgan fingerprint density at radius 3 is 2.57 bits per heavy atom. The fourth-order valence-corrected chi connectivity index (χ4v) is 4.37. The minimum absolute atomic E-state index is 0.150. The van der Waals surface area contributed by atoms with Crippen LogP contribution in [0.4, 0.5) is 9.18 Å². The first-order chi connectivity index (χ1) is 17.5. The van der Waals surface area contributed by atoms with Gasteiger partial charge in [-0.05, 0) is 93.8 Å². The predicted octanol–water partition coefficient (Wildman–Crippen LogP) is 5.62. The van der Waals surface area contributed by atoms with Crippen molar-refractivity contribution in [3.05, 3.63) is 70.5 Å². The van der Waals surface area contributed by atoms with Gasteiger partial charge in [-0.25, -0.2) is 9.18 Å². The topological polar surface area (TPSA) is 92.0 Å². The van der Waals surface area contributed by atoms with Crippen LogP contribution in [0.25, 0.3) is 0 Å². The average Bonchev–Trinajstić information content (AvgIpc) is 2.87. The monoisotopic (exact) mass is 512 g/mol. The number of nitrogens with zero attached hydrogens (tertiary/aromatic N) is 2. The normalized spacial score (nSPS) is 17.5. The van der Waals surface area contributed by atoms with Crippen LogP contribution in [0, 0.1) is 17.1 Å². The van der Waals surface area contributed by atoms with Crippen LogP contribution in [0.2, 0.25) is 0 Å². The summed E-state index contributed by atoms with van der Waals surface area (Å²) in [5, 5.41) is 21.6. The van der Waals surface area contributed by atoms with Crippen molar-refractivity contribution < 1.29 is 28.5 Å². The van der Waals surface area contributed by atoms with Crippen LogP contribution in [0.5, 0.6) is 0 Å². The molecule has 1 saturated heterocycles. The maximum Gasteiger partial charge on any atom is 0.410 e. The SMILES string of the molecule is CN(CCC[C@](O)(c1ccc(F)cc1)c1ccc(C#N)cc1COC1CCCCO1)C(=O)OC(C)(C)C. The van der Waals surface area contributed by atoms with E-state index in [9.17, 15) is 19.6 Å². The molecule has 7 nitrogen and oxygen atoms in total. The molecular weight excluding hydrogens is 475 g/mol. The number of hydrogen-bond acceptors (Lipinski definition) is 6. The number of rotatable bonds is 9. The molecule has 1 heterocycles. The summed E-state index contributed by atoms with van der Waals surface area (Å²) >= 11 is 0. The van der Waals surface area contributed by atoms with E-state index >= 15 is 0 Å². The van der Waals surface area contributed by atoms with Gasteiger partial charge in [0.2, 0.25) is 0 Å². The van der Waals surface area contributed by atoms with Gasteiger partial charge in [-0.1, -0.05) is 18.2 Å². The Labute approximate surface area is 218 Å². The quantitative estimate of drug-likeness (QED) is 0.469. The second-order valence-electron chi connectivity index (χ2n) is 10.5. The van der Waals surface area contributed by atoms with Crippen molar-refractivity contribution >= 4 is 6.09 Å².